The van der Waals surface area contributed by atoms with E-state index in [1.54, 1.807) is 18.5 Å². The predicted molar refractivity (Wildman–Crippen MR) is 74.6 cm³/mol. The average molecular weight is 293 g/mol. The number of pyridine rings is 1. The number of fused-ring (bicyclic) bond motifs is 1. The van der Waals surface area contributed by atoms with Gasteiger partial charge < -0.3 is 26.0 Å². The smallest absolute Gasteiger partial charge is 0.404 e. The second-order valence-corrected chi connectivity index (χ2v) is 5.74. The molecule has 2 fully saturated rings. The van der Waals surface area contributed by atoms with Crippen molar-refractivity contribution in [3.05, 3.63) is 24.0 Å². The third-order valence-electron chi connectivity index (χ3n) is 4.51. The summed E-state index contributed by atoms with van der Waals surface area (Å²) in [6.45, 7) is 0. The summed E-state index contributed by atoms with van der Waals surface area (Å²) in [6.07, 6.45) is 3.76. The monoisotopic (exact) mass is 293 g/mol. The van der Waals surface area contributed by atoms with Crippen molar-refractivity contribution in [3.63, 3.8) is 0 Å². The van der Waals surface area contributed by atoms with Crippen molar-refractivity contribution in [2.24, 2.45) is 0 Å². The first-order chi connectivity index (χ1) is 10.0. The number of anilines is 1. The van der Waals surface area contributed by atoms with Crippen LogP contribution in [0.25, 0.3) is 0 Å². The van der Waals surface area contributed by atoms with Gasteiger partial charge in [-0.1, -0.05) is 0 Å². The molecule has 1 aromatic heterocycles. The maximum absolute atomic E-state index is 11.0. The van der Waals surface area contributed by atoms with Gasteiger partial charge in [-0.2, -0.15) is 0 Å². The molecule has 1 aromatic rings. The first-order valence-corrected chi connectivity index (χ1v) is 7.07. The molecule has 1 saturated carbocycles. The van der Waals surface area contributed by atoms with Crippen LogP contribution in [0.3, 0.4) is 0 Å². The van der Waals surface area contributed by atoms with E-state index in [9.17, 15) is 9.90 Å². The van der Waals surface area contributed by atoms with Crippen LogP contribution in [0.2, 0.25) is 0 Å². The average Bonchev–Trinajstić information content (AvgIpc) is 2.81. The lowest BCUT2D eigenvalue weighted by molar-refractivity contribution is -0.176. The van der Waals surface area contributed by atoms with Crippen LogP contribution in [0, 0.1) is 0 Å². The minimum absolute atomic E-state index is 0.340. The SMILES string of the molecule is Nc1cnccc1[C@H]1C[C@@H](NC(=O)O)[C@@]2(O)CCC[C@H]2O1. The van der Waals surface area contributed by atoms with Crippen molar-refractivity contribution >= 4 is 11.8 Å². The number of rotatable bonds is 2. The molecule has 0 spiro atoms. The maximum Gasteiger partial charge on any atom is 0.404 e. The van der Waals surface area contributed by atoms with Gasteiger partial charge in [-0.15, -0.1) is 0 Å². The summed E-state index contributed by atoms with van der Waals surface area (Å²) >= 11 is 0. The van der Waals surface area contributed by atoms with Gasteiger partial charge in [-0.25, -0.2) is 4.79 Å². The van der Waals surface area contributed by atoms with E-state index in [0.717, 1.165) is 18.4 Å². The Morgan fingerprint density at radius 1 is 1.57 bits per heavy atom. The van der Waals surface area contributed by atoms with Gasteiger partial charge in [0.05, 0.1) is 30.1 Å². The quantitative estimate of drug-likeness (QED) is 0.647. The molecule has 3 rings (SSSR count). The van der Waals surface area contributed by atoms with Crippen molar-refractivity contribution in [2.45, 2.75) is 49.5 Å². The molecular weight excluding hydrogens is 274 g/mol. The highest BCUT2D eigenvalue weighted by Crippen LogP contribution is 2.46. The van der Waals surface area contributed by atoms with E-state index >= 15 is 0 Å². The Bertz CT molecular complexity index is 553. The highest BCUT2D eigenvalue weighted by molar-refractivity contribution is 5.65. The third kappa shape index (κ3) is 2.43. The summed E-state index contributed by atoms with van der Waals surface area (Å²) in [5.74, 6) is 0. The molecule has 0 unspecified atom stereocenters. The Labute approximate surface area is 122 Å². The Kier molecular flexibility index (Phi) is 3.46. The van der Waals surface area contributed by atoms with Crippen molar-refractivity contribution in [2.75, 3.05) is 5.73 Å². The summed E-state index contributed by atoms with van der Waals surface area (Å²) in [6, 6.07) is 1.21. The van der Waals surface area contributed by atoms with Gasteiger partial charge in [0.1, 0.15) is 5.60 Å². The summed E-state index contributed by atoms with van der Waals surface area (Å²) in [5.41, 5.74) is 6.10. The van der Waals surface area contributed by atoms with E-state index < -0.39 is 17.7 Å². The van der Waals surface area contributed by atoms with Crippen LogP contribution in [-0.2, 0) is 4.74 Å². The number of nitrogens with zero attached hydrogens (tertiary/aromatic N) is 1. The maximum atomic E-state index is 11.0. The van der Waals surface area contributed by atoms with Crippen LogP contribution >= 0.6 is 0 Å². The Morgan fingerprint density at radius 3 is 3.10 bits per heavy atom. The summed E-state index contributed by atoms with van der Waals surface area (Å²) in [7, 11) is 0. The van der Waals surface area contributed by atoms with Crippen molar-refractivity contribution < 1.29 is 19.7 Å². The molecule has 21 heavy (non-hydrogen) atoms. The standard InChI is InChI=1S/C14H19N3O4/c15-9-7-16-5-3-8(9)10-6-11(17-13(18)19)14(20)4-1-2-12(14)21-10/h3,5,7,10-12,17,20H,1-2,4,6,15H2,(H,18,19)/t10-,11-,12-,14+/m1/s1. The number of nitrogen functional groups attached to an aromatic ring is 1. The van der Waals surface area contributed by atoms with E-state index in [1.165, 1.54) is 0 Å². The number of hydrogen-bond acceptors (Lipinski definition) is 5. The topological polar surface area (TPSA) is 118 Å². The molecule has 114 valence electrons. The second-order valence-electron chi connectivity index (χ2n) is 5.74. The van der Waals surface area contributed by atoms with E-state index in [4.69, 9.17) is 15.6 Å². The van der Waals surface area contributed by atoms with E-state index in [1.807, 2.05) is 0 Å². The Morgan fingerprint density at radius 2 is 2.38 bits per heavy atom. The molecule has 2 aliphatic rings. The zero-order valence-corrected chi connectivity index (χ0v) is 11.5. The lowest BCUT2D eigenvalue weighted by Crippen LogP contribution is -2.60. The highest BCUT2D eigenvalue weighted by Gasteiger charge is 2.53. The van der Waals surface area contributed by atoms with Gasteiger partial charge in [-0.05, 0) is 25.3 Å². The van der Waals surface area contributed by atoms with Gasteiger partial charge in [0.2, 0.25) is 0 Å². The molecule has 0 bridgehead atoms. The third-order valence-corrected chi connectivity index (χ3v) is 4.51. The summed E-state index contributed by atoms with van der Waals surface area (Å²) in [4.78, 5) is 15.0. The second kappa shape index (κ2) is 5.16. The number of aliphatic hydroxyl groups is 1. The Hall–Kier alpha value is -1.86. The van der Waals surface area contributed by atoms with E-state index in [2.05, 4.69) is 10.3 Å². The largest absolute Gasteiger partial charge is 0.465 e. The molecule has 1 saturated heterocycles. The van der Waals surface area contributed by atoms with Crippen LogP contribution in [0.15, 0.2) is 18.5 Å². The number of hydrogen-bond donors (Lipinski definition) is 4. The summed E-state index contributed by atoms with van der Waals surface area (Å²) in [5, 5.41) is 22.2. The number of carbonyl (C=O) groups is 1. The number of carboxylic acid groups (broad SMARTS) is 1. The fourth-order valence-corrected chi connectivity index (χ4v) is 3.48. The minimum Gasteiger partial charge on any atom is -0.465 e. The van der Waals surface area contributed by atoms with Crippen LogP contribution < -0.4 is 11.1 Å². The van der Waals surface area contributed by atoms with Gasteiger partial charge in [-0.3, -0.25) is 4.98 Å². The molecule has 1 aliphatic carbocycles. The van der Waals surface area contributed by atoms with E-state index in [-0.39, 0.29) is 12.2 Å². The molecule has 1 aliphatic heterocycles. The first-order valence-electron chi connectivity index (χ1n) is 7.07. The first kappa shape index (κ1) is 14.1. The number of nitrogens with one attached hydrogen (secondary N) is 1. The molecule has 0 aromatic carbocycles. The molecule has 2 heterocycles. The van der Waals surface area contributed by atoms with Crippen LogP contribution in [-0.4, -0.2) is 39.0 Å². The molecular formula is C14H19N3O4. The van der Waals surface area contributed by atoms with Gasteiger partial charge in [0, 0.05) is 18.2 Å². The predicted octanol–water partition coefficient (Wildman–Crippen LogP) is 1.04. The summed E-state index contributed by atoms with van der Waals surface area (Å²) < 4.78 is 6.00. The van der Waals surface area contributed by atoms with Crippen LogP contribution in [0.4, 0.5) is 10.5 Å². The molecule has 5 N–H and O–H groups in total. The van der Waals surface area contributed by atoms with Crippen molar-refractivity contribution in [3.8, 4) is 0 Å². The number of ether oxygens (including phenoxy) is 1. The van der Waals surface area contributed by atoms with E-state index in [0.29, 0.717) is 18.5 Å². The van der Waals surface area contributed by atoms with Crippen LogP contribution in [0.1, 0.15) is 37.4 Å². The highest BCUT2D eigenvalue weighted by atomic mass is 16.5. The number of nitrogens with two attached hydrogens (primary N) is 1. The lowest BCUT2D eigenvalue weighted by Gasteiger charge is -2.45. The van der Waals surface area contributed by atoms with Gasteiger partial charge in [0.15, 0.2) is 0 Å². The Balaban J connectivity index is 1.89. The normalized spacial score (nSPS) is 35.2. The van der Waals surface area contributed by atoms with Crippen molar-refractivity contribution in [1.29, 1.82) is 0 Å². The minimum atomic E-state index is -1.14. The molecule has 0 radical (unpaired) electrons. The zero-order valence-electron chi connectivity index (χ0n) is 11.5. The number of aromatic nitrogens is 1. The number of amides is 1. The molecule has 7 heteroatoms. The lowest BCUT2D eigenvalue weighted by atomic mass is 9.82. The van der Waals surface area contributed by atoms with Crippen LogP contribution in [0.5, 0.6) is 0 Å². The molecule has 1 amide bonds. The van der Waals surface area contributed by atoms with Crippen molar-refractivity contribution in [1.82, 2.24) is 10.3 Å². The fraction of sp³-hybridized carbons (Fsp3) is 0.571. The molecule has 7 nitrogen and oxygen atoms in total. The molecule has 4 atom stereocenters. The van der Waals surface area contributed by atoms with Gasteiger partial charge >= 0.3 is 6.09 Å². The zero-order chi connectivity index (χ0) is 15.0. The fourth-order valence-electron chi connectivity index (χ4n) is 3.48. The van der Waals surface area contributed by atoms with Gasteiger partial charge in [0.25, 0.3) is 0 Å².